The lowest BCUT2D eigenvalue weighted by atomic mass is 10.3. The highest BCUT2D eigenvalue weighted by Crippen LogP contribution is 2.17. The topological polar surface area (TPSA) is 127 Å². The number of carboxylic acid groups (broad SMARTS) is 1. The zero-order chi connectivity index (χ0) is 15.6. The highest BCUT2D eigenvalue weighted by molar-refractivity contribution is 5.99. The van der Waals surface area contributed by atoms with Gasteiger partial charge >= 0.3 is 12.0 Å². The first-order chi connectivity index (χ1) is 9.86. The number of urea groups is 1. The van der Waals surface area contributed by atoms with E-state index in [2.05, 4.69) is 25.5 Å². The Labute approximate surface area is 120 Å². The van der Waals surface area contributed by atoms with Gasteiger partial charge in [-0.2, -0.15) is 5.10 Å². The second kappa shape index (κ2) is 5.65. The summed E-state index contributed by atoms with van der Waals surface area (Å²) in [6.07, 6.45) is 0. The number of amides is 2. The van der Waals surface area contributed by atoms with Gasteiger partial charge in [-0.25, -0.2) is 14.6 Å². The van der Waals surface area contributed by atoms with E-state index < -0.39 is 12.0 Å². The minimum atomic E-state index is -1.13. The average molecular weight is 292 g/mol. The number of aromatic carboxylic acids is 1. The zero-order valence-corrected chi connectivity index (χ0v) is 11.9. The molecule has 2 heterocycles. The summed E-state index contributed by atoms with van der Waals surface area (Å²) in [5, 5.41) is 18.2. The molecule has 0 bridgehead atoms. The molecule has 0 aliphatic carbocycles. The Kier molecular flexibility index (Phi) is 3.92. The smallest absolute Gasteiger partial charge is 0.354 e. The minimum absolute atomic E-state index is 0.0528. The number of rotatable bonds is 4. The Morgan fingerprint density at radius 3 is 2.71 bits per heavy atom. The van der Waals surface area contributed by atoms with E-state index in [0.717, 1.165) is 0 Å². The van der Waals surface area contributed by atoms with Crippen LogP contribution in [0.15, 0.2) is 6.07 Å². The number of nitrogens with one attached hydrogen (secondary N) is 3. The van der Waals surface area contributed by atoms with Crippen molar-refractivity contribution < 1.29 is 14.7 Å². The monoisotopic (exact) mass is 292 g/mol. The molecular weight excluding hydrogens is 276 g/mol. The van der Waals surface area contributed by atoms with Gasteiger partial charge in [0.2, 0.25) is 0 Å². The van der Waals surface area contributed by atoms with Gasteiger partial charge in [-0.3, -0.25) is 5.10 Å². The summed E-state index contributed by atoms with van der Waals surface area (Å²) < 4.78 is 0. The molecule has 0 aliphatic heterocycles. The number of aromatic amines is 2. The summed E-state index contributed by atoms with van der Waals surface area (Å²) in [7, 11) is 1.57. The normalized spacial score (nSPS) is 10.4. The van der Waals surface area contributed by atoms with Crippen molar-refractivity contribution in [1.82, 2.24) is 25.1 Å². The van der Waals surface area contributed by atoms with E-state index in [1.807, 2.05) is 0 Å². The van der Waals surface area contributed by atoms with Crippen LogP contribution < -0.4 is 5.32 Å². The summed E-state index contributed by atoms with van der Waals surface area (Å²) in [6, 6.07) is 1.12. The van der Waals surface area contributed by atoms with E-state index in [4.69, 9.17) is 5.11 Å². The van der Waals surface area contributed by atoms with Crippen LogP contribution in [-0.2, 0) is 6.54 Å². The van der Waals surface area contributed by atoms with Crippen LogP contribution in [0.2, 0.25) is 0 Å². The maximum Gasteiger partial charge on any atom is 0.354 e. The van der Waals surface area contributed by atoms with Crippen LogP contribution >= 0.6 is 0 Å². The van der Waals surface area contributed by atoms with Crippen LogP contribution in [0.5, 0.6) is 0 Å². The van der Waals surface area contributed by atoms with Crippen molar-refractivity contribution >= 4 is 17.7 Å². The second-order valence-corrected chi connectivity index (χ2v) is 4.67. The molecule has 0 atom stereocenters. The lowest BCUT2D eigenvalue weighted by Crippen LogP contribution is -2.31. The van der Waals surface area contributed by atoms with Crippen molar-refractivity contribution in [1.29, 1.82) is 0 Å². The molecule has 0 spiro atoms. The minimum Gasteiger partial charge on any atom is -0.477 e. The van der Waals surface area contributed by atoms with Gasteiger partial charge in [-0.15, -0.1) is 0 Å². The van der Waals surface area contributed by atoms with Gasteiger partial charge < -0.3 is 20.3 Å². The number of carboxylic acids is 1. The van der Waals surface area contributed by atoms with Crippen molar-refractivity contribution in [3.8, 4) is 0 Å². The van der Waals surface area contributed by atoms with Crippen LogP contribution in [-0.4, -0.2) is 49.2 Å². The first kappa shape index (κ1) is 14.6. The fraction of sp³-hybridized carbons (Fsp3) is 0.333. The van der Waals surface area contributed by atoms with Gasteiger partial charge in [0.15, 0.2) is 5.82 Å². The van der Waals surface area contributed by atoms with Gasteiger partial charge in [-0.05, 0) is 19.9 Å². The maximum absolute atomic E-state index is 12.0. The first-order valence-electron chi connectivity index (χ1n) is 6.19. The fourth-order valence-electron chi connectivity index (χ4n) is 1.81. The Hall–Kier alpha value is -2.84. The number of hydrogen-bond donors (Lipinski definition) is 4. The first-order valence-corrected chi connectivity index (χ1v) is 6.19. The SMILES string of the molecule is Cc1cc(NC(=O)N(C)Cc2n[nH]c(C)n2)c(C(=O)O)[nH]1. The Balaban J connectivity index is 2.05. The molecule has 0 unspecified atom stereocenters. The van der Waals surface area contributed by atoms with E-state index in [0.29, 0.717) is 17.3 Å². The summed E-state index contributed by atoms with van der Waals surface area (Å²) in [5.41, 5.74) is 0.820. The molecule has 4 N–H and O–H groups in total. The molecule has 0 aliphatic rings. The molecule has 9 nitrogen and oxygen atoms in total. The van der Waals surface area contributed by atoms with Gasteiger partial charge in [0, 0.05) is 12.7 Å². The Bertz CT molecular complexity index is 674. The van der Waals surface area contributed by atoms with Crippen molar-refractivity contribution in [2.75, 3.05) is 12.4 Å². The fourth-order valence-corrected chi connectivity index (χ4v) is 1.81. The predicted molar refractivity (Wildman–Crippen MR) is 74.1 cm³/mol. The number of aromatic nitrogens is 4. The predicted octanol–water partition coefficient (Wildman–Crippen LogP) is 1.11. The quantitative estimate of drug-likeness (QED) is 0.671. The lowest BCUT2D eigenvalue weighted by Gasteiger charge is -2.15. The molecule has 0 aromatic carbocycles. The summed E-state index contributed by atoms with van der Waals surface area (Å²) in [6.45, 7) is 3.68. The van der Waals surface area contributed by atoms with Crippen LogP contribution in [0.4, 0.5) is 10.5 Å². The number of hydrogen-bond acceptors (Lipinski definition) is 4. The zero-order valence-electron chi connectivity index (χ0n) is 11.9. The number of nitrogens with zero attached hydrogens (tertiary/aromatic N) is 3. The molecule has 2 aromatic heterocycles. The number of H-pyrrole nitrogens is 2. The van der Waals surface area contributed by atoms with Crippen molar-refractivity contribution in [2.45, 2.75) is 20.4 Å². The number of aryl methyl sites for hydroxylation is 2. The summed E-state index contributed by atoms with van der Waals surface area (Å²) >= 11 is 0. The van der Waals surface area contributed by atoms with Crippen LogP contribution in [0.25, 0.3) is 0 Å². The molecule has 0 saturated heterocycles. The van der Waals surface area contributed by atoms with Gasteiger partial charge in [0.05, 0.1) is 12.2 Å². The molecule has 2 rings (SSSR count). The lowest BCUT2D eigenvalue weighted by molar-refractivity contribution is 0.0692. The Morgan fingerprint density at radius 2 is 2.14 bits per heavy atom. The molecule has 9 heteroatoms. The molecule has 21 heavy (non-hydrogen) atoms. The second-order valence-electron chi connectivity index (χ2n) is 4.67. The number of carbonyl (C=O) groups is 2. The van der Waals surface area contributed by atoms with Gasteiger partial charge in [-0.1, -0.05) is 0 Å². The average Bonchev–Trinajstić information content (AvgIpc) is 2.95. The van der Waals surface area contributed by atoms with Gasteiger partial charge in [0.25, 0.3) is 0 Å². The molecule has 2 amide bonds. The standard InChI is InChI=1S/C12H16N6O3/c1-6-4-8(10(13-6)11(19)20)15-12(21)18(3)5-9-14-7(2)16-17-9/h4,13H,5H2,1-3H3,(H,15,21)(H,19,20)(H,14,16,17). The summed E-state index contributed by atoms with van der Waals surface area (Å²) in [5.74, 6) is 0.00716. The third kappa shape index (κ3) is 3.38. The maximum atomic E-state index is 12.0. The van der Waals surface area contributed by atoms with E-state index in [1.165, 1.54) is 4.90 Å². The highest BCUT2D eigenvalue weighted by atomic mass is 16.4. The third-order valence-corrected chi connectivity index (χ3v) is 2.78. The molecular formula is C12H16N6O3. The van der Waals surface area contributed by atoms with Crippen molar-refractivity contribution in [3.05, 3.63) is 29.1 Å². The van der Waals surface area contributed by atoms with Gasteiger partial charge in [0.1, 0.15) is 11.5 Å². The van der Waals surface area contributed by atoms with E-state index in [-0.39, 0.29) is 17.9 Å². The van der Waals surface area contributed by atoms with Crippen LogP contribution in [0, 0.1) is 13.8 Å². The van der Waals surface area contributed by atoms with Crippen molar-refractivity contribution in [2.24, 2.45) is 0 Å². The van der Waals surface area contributed by atoms with E-state index in [9.17, 15) is 9.59 Å². The van der Waals surface area contributed by atoms with Crippen molar-refractivity contribution in [3.63, 3.8) is 0 Å². The number of anilines is 1. The van der Waals surface area contributed by atoms with E-state index >= 15 is 0 Å². The highest BCUT2D eigenvalue weighted by Gasteiger charge is 2.18. The number of carbonyl (C=O) groups excluding carboxylic acids is 1. The molecule has 0 fully saturated rings. The molecule has 2 aromatic rings. The van der Waals surface area contributed by atoms with E-state index in [1.54, 1.807) is 27.0 Å². The Morgan fingerprint density at radius 1 is 1.43 bits per heavy atom. The largest absolute Gasteiger partial charge is 0.477 e. The molecule has 0 radical (unpaired) electrons. The molecule has 0 saturated carbocycles. The molecule has 112 valence electrons. The summed E-state index contributed by atoms with van der Waals surface area (Å²) in [4.78, 5) is 31.2. The van der Waals surface area contributed by atoms with Crippen LogP contribution in [0.1, 0.15) is 27.8 Å². The van der Waals surface area contributed by atoms with Crippen LogP contribution in [0.3, 0.4) is 0 Å². The third-order valence-electron chi connectivity index (χ3n) is 2.78.